The second-order valence-electron chi connectivity index (χ2n) is 6.20. The standard InChI is InChI=1S/C21H21ClN4O2/c1-14-17(22)4-3-5-18(14)24-21(27)19-10-11-20(26-25-19)23-13-12-15-6-8-16(28-2)9-7-15/h3-11H,12-13H2,1-2H3,(H,23,26)(H,24,27). The van der Waals surface area contributed by atoms with Gasteiger partial charge in [0.05, 0.1) is 7.11 Å². The Labute approximate surface area is 168 Å². The smallest absolute Gasteiger partial charge is 0.276 e. The average Bonchev–Trinajstić information content (AvgIpc) is 2.72. The quantitative estimate of drug-likeness (QED) is 0.620. The molecule has 3 rings (SSSR count). The molecule has 0 aliphatic rings. The van der Waals surface area contributed by atoms with Crippen molar-refractivity contribution in [3.63, 3.8) is 0 Å². The predicted octanol–water partition coefficient (Wildman–Crippen LogP) is 4.35. The third-order valence-corrected chi connectivity index (χ3v) is 4.70. The van der Waals surface area contributed by atoms with Crippen LogP contribution in [0.3, 0.4) is 0 Å². The van der Waals surface area contributed by atoms with Gasteiger partial charge in [-0.3, -0.25) is 4.79 Å². The summed E-state index contributed by atoms with van der Waals surface area (Å²) in [6.07, 6.45) is 0.835. The molecule has 2 aromatic carbocycles. The van der Waals surface area contributed by atoms with Gasteiger partial charge in [-0.25, -0.2) is 0 Å². The van der Waals surface area contributed by atoms with E-state index in [1.807, 2.05) is 31.2 Å². The molecule has 0 saturated carbocycles. The Bertz CT molecular complexity index is 944. The molecular weight excluding hydrogens is 376 g/mol. The molecule has 0 aliphatic heterocycles. The van der Waals surface area contributed by atoms with Crippen molar-refractivity contribution in [1.82, 2.24) is 10.2 Å². The predicted molar refractivity (Wildman–Crippen MR) is 111 cm³/mol. The van der Waals surface area contributed by atoms with Gasteiger partial charge in [-0.05, 0) is 60.9 Å². The summed E-state index contributed by atoms with van der Waals surface area (Å²) in [5.41, 5.74) is 2.89. The second-order valence-corrected chi connectivity index (χ2v) is 6.60. The minimum absolute atomic E-state index is 0.236. The van der Waals surface area contributed by atoms with Gasteiger partial charge in [-0.1, -0.05) is 29.8 Å². The van der Waals surface area contributed by atoms with Crippen LogP contribution in [0.4, 0.5) is 11.5 Å². The fraction of sp³-hybridized carbons (Fsp3) is 0.190. The highest BCUT2D eigenvalue weighted by atomic mass is 35.5. The zero-order valence-corrected chi connectivity index (χ0v) is 16.5. The Morgan fingerprint density at radius 3 is 2.54 bits per heavy atom. The molecule has 0 saturated heterocycles. The number of aromatic nitrogens is 2. The van der Waals surface area contributed by atoms with Crippen molar-refractivity contribution >= 4 is 29.0 Å². The van der Waals surface area contributed by atoms with Crippen molar-refractivity contribution in [1.29, 1.82) is 0 Å². The number of hydrogen-bond donors (Lipinski definition) is 2. The highest BCUT2D eigenvalue weighted by Crippen LogP contribution is 2.23. The molecule has 0 bridgehead atoms. The highest BCUT2D eigenvalue weighted by Gasteiger charge is 2.11. The van der Waals surface area contributed by atoms with Crippen molar-refractivity contribution in [3.8, 4) is 5.75 Å². The molecule has 1 heterocycles. The van der Waals surface area contributed by atoms with Gasteiger partial charge in [0.25, 0.3) is 5.91 Å². The lowest BCUT2D eigenvalue weighted by Gasteiger charge is -2.09. The summed E-state index contributed by atoms with van der Waals surface area (Å²) in [5.74, 6) is 1.12. The van der Waals surface area contributed by atoms with Crippen LogP contribution in [0.2, 0.25) is 5.02 Å². The molecule has 0 spiro atoms. The molecule has 3 aromatic rings. The normalized spacial score (nSPS) is 10.4. The van der Waals surface area contributed by atoms with E-state index in [4.69, 9.17) is 16.3 Å². The van der Waals surface area contributed by atoms with Crippen LogP contribution in [0.1, 0.15) is 21.6 Å². The van der Waals surface area contributed by atoms with Crippen LogP contribution in [0, 0.1) is 6.92 Å². The summed E-state index contributed by atoms with van der Waals surface area (Å²) >= 11 is 6.08. The van der Waals surface area contributed by atoms with Crippen molar-refractivity contribution < 1.29 is 9.53 Å². The number of anilines is 2. The summed E-state index contributed by atoms with van der Waals surface area (Å²) < 4.78 is 5.15. The number of rotatable bonds is 7. The maximum Gasteiger partial charge on any atom is 0.276 e. The number of hydrogen-bond acceptors (Lipinski definition) is 5. The summed E-state index contributed by atoms with van der Waals surface area (Å²) in [5, 5.41) is 14.7. The highest BCUT2D eigenvalue weighted by molar-refractivity contribution is 6.31. The Kier molecular flexibility index (Phi) is 6.45. The molecule has 28 heavy (non-hydrogen) atoms. The number of benzene rings is 2. The fourth-order valence-corrected chi connectivity index (χ4v) is 2.78. The number of amides is 1. The molecule has 7 heteroatoms. The first kappa shape index (κ1) is 19.6. The van der Waals surface area contributed by atoms with Crippen LogP contribution in [0.15, 0.2) is 54.6 Å². The number of nitrogens with zero attached hydrogens (tertiary/aromatic N) is 2. The van der Waals surface area contributed by atoms with Crippen molar-refractivity contribution in [2.45, 2.75) is 13.3 Å². The maximum absolute atomic E-state index is 12.4. The first-order valence-electron chi connectivity index (χ1n) is 8.84. The molecule has 0 aliphatic carbocycles. The van der Waals surface area contributed by atoms with E-state index in [1.165, 1.54) is 5.56 Å². The maximum atomic E-state index is 12.4. The molecule has 2 N–H and O–H groups in total. The topological polar surface area (TPSA) is 76.1 Å². The van der Waals surface area contributed by atoms with E-state index < -0.39 is 0 Å². The molecule has 1 amide bonds. The molecular formula is C21H21ClN4O2. The van der Waals surface area contributed by atoms with Crippen molar-refractivity contribution in [2.24, 2.45) is 0 Å². The number of halogens is 1. The van der Waals surface area contributed by atoms with E-state index in [1.54, 1.807) is 37.4 Å². The van der Waals surface area contributed by atoms with E-state index in [9.17, 15) is 4.79 Å². The van der Waals surface area contributed by atoms with E-state index >= 15 is 0 Å². The van der Waals surface area contributed by atoms with Gasteiger partial charge in [0.2, 0.25) is 0 Å². The van der Waals surface area contributed by atoms with Crippen LogP contribution < -0.4 is 15.4 Å². The van der Waals surface area contributed by atoms with Crippen molar-refractivity contribution in [2.75, 3.05) is 24.3 Å². The number of nitrogens with one attached hydrogen (secondary N) is 2. The lowest BCUT2D eigenvalue weighted by Crippen LogP contribution is -2.16. The molecule has 6 nitrogen and oxygen atoms in total. The lowest BCUT2D eigenvalue weighted by molar-refractivity contribution is 0.102. The van der Waals surface area contributed by atoms with E-state index in [0.29, 0.717) is 23.1 Å². The monoisotopic (exact) mass is 396 g/mol. The zero-order valence-electron chi connectivity index (χ0n) is 15.7. The molecule has 0 atom stereocenters. The number of carbonyl (C=O) groups excluding carboxylic acids is 1. The minimum Gasteiger partial charge on any atom is -0.497 e. The third kappa shape index (κ3) is 4.98. The van der Waals surface area contributed by atoms with Gasteiger partial charge in [0.15, 0.2) is 5.69 Å². The third-order valence-electron chi connectivity index (χ3n) is 4.29. The molecule has 1 aromatic heterocycles. The van der Waals surface area contributed by atoms with Crippen LogP contribution >= 0.6 is 11.6 Å². The Morgan fingerprint density at radius 1 is 1.07 bits per heavy atom. The van der Waals surface area contributed by atoms with Crippen molar-refractivity contribution in [3.05, 3.63) is 76.4 Å². The Morgan fingerprint density at radius 2 is 1.86 bits per heavy atom. The van der Waals surface area contributed by atoms with Gasteiger partial charge in [0.1, 0.15) is 11.6 Å². The molecule has 0 unspecified atom stereocenters. The largest absolute Gasteiger partial charge is 0.497 e. The second kappa shape index (κ2) is 9.19. The van der Waals surface area contributed by atoms with E-state index in [0.717, 1.165) is 17.7 Å². The minimum atomic E-state index is -0.331. The Hall–Kier alpha value is -3.12. The molecule has 0 fully saturated rings. The SMILES string of the molecule is COc1ccc(CCNc2ccc(C(=O)Nc3cccc(Cl)c3C)nn2)cc1. The zero-order chi connectivity index (χ0) is 19.9. The number of carbonyl (C=O) groups is 1. The van der Waals surface area contributed by atoms with Crippen LogP contribution in [0.25, 0.3) is 0 Å². The van der Waals surface area contributed by atoms with Crippen LogP contribution in [-0.2, 0) is 6.42 Å². The molecule has 144 valence electrons. The molecule has 0 radical (unpaired) electrons. The Balaban J connectivity index is 1.53. The number of ether oxygens (including phenoxy) is 1. The average molecular weight is 397 g/mol. The van der Waals surface area contributed by atoms with E-state index in [-0.39, 0.29) is 11.6 Å². The summed E-state index contributed by atoms with van der Waals surface area (Å²) in [4.78, 5) is 12.4. The van der Waals surface area contributed by atoms with Gasteiger partial charge in [-0.2, -0.15) is 0 Å². The fourth-order valence-electron chi connectivity index (χ4n) is 2.60. The summed E-state index contributed by atoms with van der Waals surface area (Å²) in [6.45, 7) is 2.55. The lowest BCUT2D eigenvalue weighted by atomic mass is 10.1. The van der Waals surface area contributed by atoms with E-state index in [2.05, 4.69) is 20.8 Å². The number of methoxy groups -OCH3 is 1. The van der Waals surface area contributed by atoms with Crippen LogP contribution in [-0.4, -0.2) is 29.8 Å². The summed E-state index contributed by atoms with van der Waals surface area (Å²) in [7, 11) is 1.65. The van der Waals surface area contributed by atoms with Gasteiger partial charge < -0.3 is 15.4 Å². The summed E-state index contributed by atoms with van der Waals surface area (Å²) in [6, 6.07) is 16.6. The first-order valence-corrected chi connectivity index (χ1v) is 9.21. The van der Waals surface area contributed by atoms with Crippen LogP contribution in [0.5, 0.6) is 5.75 Å². The van der Waals surface area contributed by atoms with Gasteiger partial charge >= 0.3 is 0 Å². The van der Waals surface area contributed by atoms with Gasteiger partial charge in [-0.15, -0.1) is 10.2 Å². The first-order chi connectivity index (χ1) is 13.6. The van der Waals surface area contributed by atoms with Gasteiger partial charge in [0, 0.05) is 17.3 Å².